The number of benzene rings is 1. The molecule has 1 atom stereocenters. The Morgan fingerprint density at radius 1 is 1.35 bits per heavy atom. The lowest BCUT2D eigenvalue weighted by Gasteiger charge is -2.20. The summed E-state index contributed by atoms with van der Waals surface area (Å²) in [6.07, 6.45) is 0. The van der Waals surface area contributed by atoms with Gasteiger partial charge in [-0.25, -0.2) is 13.9 Å². The number of aliphatic carboxylic acids is 1. The molecule has 1 amide bonds. The number of rotatable bonds is 5. The summed E-state index contributed by atoms with van der Waals surface area (Å²) in [5.74, 6) is -1.94. The highest BCUT2D eigenvalue weighted by Crippen LogP contribution is 2.12. The number of carboxylic acid groups (broad SMARTS) is 1. The van der Waals surface area contributed by atoms with Gasteiger partial charge in [-0.15, -0.1) is 5.10 Å². The van der Waals surface area contributed by atoms with Gasteiger partial charge in [-0.05, 0) is 31.5 Å². The fourth-order valence-electron chi connectivity index (χ4n) is 1.98. The van der Waals surface area contributed by atoms with Crippen molar-refractivity contribution in [3.8, 4) is 0 Å². The Morgan fingerprint density at radius 2 is 1.96 bits per heavy atom. The summed E-state index contributed by atoms with van der Waals surface area (Å²) < 4.78 is 14.4. The summed E-state index contributed by atoms with van der Waals surface area (Å²) in [7, 11) is 1.40. The number of aromatic nitrogens is 3. The number of hydrogen-bond donors (Lipinski definition) is 1. The van der Waals surface area contributed by atoms with Crippen molar-refractivity contribution in [1.82, 2.24) is 19.9 Å². The SMILES string of the molecule is Cc1c(C(=O)N(C)C(C)C(=O)O)nnn1Cc1ccc(F)cc1. The van der Waals surface area contributed by atoms with Crippen LogP contribution in [0.3, 0.4) is 0 Å². The van der Waals surface area contributed by atoms with Gasteiger partial charge in [-0.3, -0.25) is 4.79 Å². The molecule has 0 radical (unpaired) electrons. The molecule has 1 heterocycles. The third-order valence-corrected chi connectivity index (χ3v) is 3.69. The third kappa shape index (κ3) is 3.53. The number of likely N-dealkylation sites (N-methyl/N-ethyl adjacent to an activating group) is 1. The standard InChI is InChI=1S/C15H17FN4O3/c1-9-13(14(21)19(3)10(2)15(22)23)17-18-20(9)8-11-4-6-12(16)7-5-11/h4-7,10H,8H2,1-3H3,(H,22,23). The second kappa shape index (κ2) is 6.55. The van der Waals surface area contributed by atoms with E-state index in [9.17, 15) is 14.0 Å². The first-order valence-corrected chi connectivity index (χ1v) is 6.95. The molecule has 0 aliphatic rings. The van der Waals surface area contributed by atoms with Crippen molar-refractivity contribution in [2.45, 2.75) is 26.4 Å². The van der Waals surface area contributed by atoms with Crippen molar-refractivity contribution < 1.29 is 19.1 Å². The van der Waals surface area contributed by atoms with Gasteiger partial charge in [0.15, 0.2) is 5.69 Å². The van der Waals surface area contributed by atoms with Gasteiger partial charge in [0.25, 0.3) is 5.91 Å². The number of carbonyl (C=O) groups is 2. The summed E-state index contributed by atoms with van der Waals surface area (Å²) in [6, 6.07) is 4.96. The molecule has 23 heavy (non-hydrogen) atoms. The molecule has 0 saturated carbocycles. The summed E-state index contributed by atoms with van der Waals surface area (Å²) in [6.45, 7) is 3.43. The minimum absolute atomic E-state index is 0.0997. The average molecular weight is 320 g/mol. The number of halogens is 1. The molecule has 0 fully saturated rings. The van der Waals surface area contributed by atoms with E-state index in [1.807, 2.05) is 0 Å². The Hall–Kier alpha value is -2.77. The van der Waals surface area contributed by atoms with Crippen LogP contribution in [0.4, 0.5) is 4.39 Å². The highest BCUT2D eigenvalue weighted by molar-refractivity contribution is 5.95. The van der Waals surface area contributed by atoms with Gasteiger partial charge < -0.3 is 10.0 Å². The van der Waals surface area contributed by atoms with E-state index in [4.69, 9.17) is 5.11 Å². The highest BCUT2D eigenvalue weighted by atomic mass is 19.1. The first-order chi connectivity index (χ1) is 10.8. The van der Waals surface area contributed by atoms with Crippen molar-refractivity contribution in [1.29, 1.82) is 0 Å². The summed E-state index contributed by atoms with van der Waals surface area (Å²) in [5, 5.41) is 16.7. The van der Waals surface area contributed by atoms with Crippen LogP contribution < -0.4 is 0 Å². The molecule has 1 unspecified atom stereocenters. The molecule has 0 aliphatic carbocycles. The fraction of sp³-hybridized carbons (Fsp3) is 0.333. The van der Waals surface area contributed by atoms with E-state index in [1.165, 1.54) is 30.8 Å². The van der Waals surface area contributed by atoms with Gasteiger partial charge in [0.1, 0.15) is 11.9 Å². The second-order valence-corrected chi connectivity index (χ2v) is 5.24. The Labute approximate surface area is 132 Å². The number of carboxylic acids is 1. The third-order valence-electron chi connectivity index (χ3n) is 3.69. The zero-order valence-electron chi connectivity index (χ0n) is 13.0. The lowest BCUT2D eigenvalue weighted by atomic mass is 10.2. The Kier molecular flexibility index (Phi) is 4.73. The van der Waals surface area contributed by atoms with Crippen LogP contribution in [0.25, 0.3) is 0 Å². The molecule has 0 aliphatic heterocycles. The van der Waals surface area contributed by atoms with Gasteiger partial charge in [-0.1, -0.05) is 17.3 Å². The quantitative estimate of drug-likeness (QED) is 0.897. The van der Waals surface area contributed by atoms with Crippen molar-refractivity contribution in [2.24, 2.45) is 0 Å². The van der Waals surface area contributed by atoms with Gasteiger partial charge in [0.05, 0.1) is 12.2 Å². The zero-order valence-corrected chi connectivity index (χ0v) is 13.0. The number of amides is 1. The predicted octanol–water partition coefficient (Wildman–Crippen LogP) is 1.32. The molecule has 8 heteroatoms. The maximum absolute atomic E-state index is 12.9. The molecule has 0 bridgehead atoms. The maximum Gasteiger partial charge on any atom is 0.326 e. The van der Waals surface area contributed by atoms with Gasteiger partial charge >= 0.3 is 5.97 Å². The van der Waals surface area contributed by atoms with Crippen molar-refractivity contribution in [3.63, 3.8) is 0 Å². The van der Waals surface area contributed by atoms with E-state index in [0.717, 1.165) is 10.5 Å². The van der Waals surface area contributed by atoms with Crippen molar-refractivity contribution >= 4 is 11.9 Å². The van der Waals surface area contributed by atoms with Crippen molar-refractivity contribution in [3.05, 3.63) is 47.0 Å². The summed E-state index contributed by atoms with van der Waals surface area (Å²) in [5.41, 5.74) is 1.43. The van der Waals surface area contributed by atoms with Gasteiger partial charge in [0, 0.05) is 7.05 Å². The Morgan fingerprint density at radius 3 is 2.52 bits per heavy atom. The normalized spacial score (nSPS) is 12.0. The largest absolute Gasteiger partial charge is 0.480 e. The molecular formula is C15H17FN4O3. The van der Waals surface area contributed by atoms with E-state index < -0.39 is 17.9 Å². The molecule has 122 valence electrons. The summed E-state index contributed by atoms with van der Waals surface area (Å²) in [4.78, 5) is 24.4. The first-order valence-electron chi connectivity index (χ1n) is 6.95. The minimum atomic E-state index is -1.10. The maximum atomic E-state index is 12.9. The van der Waals surface area contributed by atoms with Crippen LogP contribution >= 0.6 is 0 Å². The van der Waals surface area contributed by atoms with E-state index in [0.29, 0.717) is 12.2 Å². The molecule has 2 rings (SSSR count). The van der Waals surface area contributed by atoms with Crippen LogP contribution in [0.15, 0.2) is 24.3 Å². The highest BCUT2D eigenvalue weighted by Gasteiger charge is 2.26. The van der Waals surface area contributed by atoms with Crippen molar-refractivity contribution in [2.75, 3.05) is 7.05 Å². The first kappa shape index (κ1) is 16.6. The van der Waals surface area contributed by atoms with Crippen LogP contribution in [0.1, 0.15) is 28.7 Å². The molecule has 0 spiro atoms. The number of nitrogens with zero attached hydrogens (tertiary/aromatic N) is 4. The minimum Gasteiger partial charge on any atom is -0.480 e. The van der Waals surface area contributed by atoms with E-state index in [2.05, 4.69) is 10.3 Å². The number of carbonyl (C=O) groups excluding carboxylic acids is 1. The Balaban J connectivity index is 2.20. The van der Waals surface area contributed by atoms with Crippen LogP contribution in [-0.4, -0.2) is 50.0 Å². The van der Waals surface area contributed by atoms with Crippen LogP contribution in [0.5, 0.6) is 0 Å². The van der Waals surface area contributed by atoms with Gasteiger partial charge in [0.2, 0.25) is 0 Å². The molecular weight excluding hydrogens is 303 g/mol. The lowest BCUT2D eigenvalue weighted by molar-refractivity contribution is -0.141. The number of hydrogen-bond acceptors (Lipinski definition) is 4. The topological polar surface area (TPSA) is 88.3 Å². The lowest BCUT2D eigenvalue weighted by Crippen LogP contribution is -2.40. The summed E-state index contributed by atoms with van der Waals surface area (Å²) >= 11 is 0. The second-order valence-electron chi connectivity index (χ2n) is 5.24. The smallest absolute Gasteiger partial charge is 0.326 e. The monoisotopic (exact) mass is 320 g/mol. The molecule has 1 aromatic heterocycles. The van der Waals surface area contributed by atoms with Crippen LogP contribution in [0.2, 0.25) is 0 Å². The van der Waals surface area contributed by atoms with Crippen LogP contribution in [0, 0.1) is 12.7 Å². The molecule has 0 saturated heterocycles. The molecule has 2 aromatic rings. The van der Waals surface area contributed by atoms with E-state index in [1.54, 1.807) is 19.1 Å². The van der Waals surface area contributed by atoms with E-state index >= 15 is 0 Å². The molecule has 1 N–H and O–H groups in total. The van der Waals surface area contributed by atoms with E-state index in [-0.39, 0.29) is 11.5 Å². The molecule has 7 nitrogen and oxygen atoms in total. The van der Waals surface area contributed by atoms with Crippen LogP contribution in [-0.2, 0) is 11.3 Å². The zero-order chi connectivity index (χ0) is 17.1. The Bertz CT molecular complexity index is 727. The average Bonchev–Trinajstić information content (AvgIpc) is 2.88. The van der Waals surface area contributed by atoms with Gasteiger partial charge in [-0.2, -0.15) is 0 Å². The molecule has 1 aromatic carbocycles. The predicted molar refractivity (Wildman–Crippen MR) is 79.5 cm³/mol. The fourth-order valence-corrected chi connectivity index (χ4v) is 1.98.